The van der Waals surface area contributed by atoms with E-state index < -0.39 is 5.97 Å². The molecule has 1 saturated carbocycles. The van der Waals surface area contributed by atoms with Gasteiger partial charge in [-0.05, 0) is 49.3 Å². The van der Waals surface area contributed by atoms with Gasteiger partial charge in [0, 0.05) is 17.8 Å². The van der Waals surface area contributed by atoms with E-state index in [-0.39, 0.29) is 11.6 Å². The van der Waals surface area contributed by atoms with Crippen LogP contribution in [0.3, 0.4) is 0 Å². The van der Waals surface area contributed by atoms with Crippen LogP contribution < -0.4 is 4.90 Å². The van der Waals surface area contributed by atoms with E-state index in [0.29, 0.717) is 24.0 Å². The predicted molar refractivity (Wildman–Crippen MR) is 115 cm³/mol. The Kier molecular flexibility index (Phi) is 6.34. The summed E-state index contributed by atoms with van der Waals surface area (Å²) in [5.41, 5.74) is 2.11. The van der Waals surface area contributed by atoms with Gasteiger partial charge in [0.1, 0.15) is 0 Å². The van der Waals surface area contributed by atoms with Crippen LogP contribution in [0.5, 0.6) is 0 Å². The van der Waals surface area contributed by atoms with Crippen LogP contribution in [0.4, 0.5) is 5.95 Å². The van der Waals surface area contributed by atoms with E-state index in [1.165, 1.54) is 43.9 Å². The zero-order valence-corrected chi connectivity index (χ0v) is 17.4. The highest BCUT2D eigenvalue weighted by Gasteiger charge is 2.29. The summed E-state index contributed by atoms with van der Waals surface area (Å²) in [6, 6.07) is 8.14. The first-order chi connectivity index (χ1) is 14.1. The smallest absolute Gasteiger partial charge is 0.339 e. The second kappa shape index (κ2) is 9.12. The van der Waals surface area contributed by atoms with Gasteiger partial charge in [-0.2, -0.15) is 0 Å². The maximum absolute atomic E-state index is 11.7. The lowest BCUT2D eigenvalue weighted by atomic mass is 9.85. The number of nitrogens with zero attached hydrogens (tertiary/aromatic N) is 3. The quantitative estimate of drug-likeness (QED) is 0.659. The highest BCUT2D eigenvalue weighted by molar-refractivity contribution is 6.30. The Labute approximate surface area is 177 Å². The molecule has 1 aromatic carbocycles. The Morgan fingerprint density at radius 3 is 2.59 bits per heavy atom. The van der Waals surface area contributed by atoms with Gasteiger partial charge in [-0.25, -0.2) is 14.8 Å². The Hall–Kier alpha value is -2.14. The lowest BCUT2D eigenvalue weighted by molar-refractivity contribution is 0.0694. The first-order valence-corrected chi connectivity index (χ1v) is 11.1. The second-order valence-electron chi connectivity index (χ2n) is 8.28. The fourth-order valence-electron chi connectivity index (χ4n) is 4.77. The molecule has 1 N–H and O–H groups in total. The monoisotopic (exact) mass is 413 g/mol. The molecule has 29 heavy (non-hydrogen) atoms. The van der Waals surface area contributed by atoms with Gasteiger partial charge in [0.2, 0.25) is 5.95 Å². The normalized spacial score (nSPS) is 20.2. The molecule has 2 heterocycles. The van der Waals surface area contributed by atoms with Crippen LogP contribution in [0.2, 0.25) is 5.02 Å². The summed E-state index contributed by atoms with van der Waals surface area (Å²) >= 11 is 6.04. The van der Waals surface area contributed by atoms with Crippen molar-refractivity contribution in [2.75, 3.05) is 11.4 Å². The van der Waals surface area contributed by atoms with Gasteiger partial charge in [-0.3, -0.25) is 0 Å². The fraction of sp³-hybridized carbons (Fsp3) is 0.522. The molecule has 0 amide bonds. The predicted octanol–water partition coefficient (Wildman–Crippen LogP) is 5.68. The van der Waals surface area contributed by atoms with Crippen LogP contribution in [0, 0.1) is 5.92 Å². The molecular weight excluding hydrogens is 386 g/mol. The molecule has 4 rings (SSSR count). The Morgan fingerprint density at radius 1 is 1.10 bits per heavy atom. The fourth-order valence-corrected chi connectivity index (χ4v) is 4.89. The SMILES string of the molecule is O=C(O)c1cnc(N2CCC[C@@H]2c2ccc(Cl)cc2)nc1CCC1CCCCC1. The van der Waals surface area contributed by atoms with E-state index in [0.717, 1.165) is 30.8 Å². The number of hydrogen-bond donors (Lipinski definition) is 1. The molecule has 1 saturated heterocycles. The highest BCUT2D eigenvalue weighted by atomic mass is 35.5. The van der Waals surface area contributed by atoms with Gasteiger partial charge in [0.25, 0.3) is 0 Å². The molecule has 5 nitrogen and oxygen atoms in total. The Morgan fingerprint density at radius 2 is 1.86 bits per heavy atom. The summed E-state index contributed by atoms with van der Waals surface area (Å²) in [6.07, 6.45) is 11.7. The minimum atomic E-state index is -0.939. The molecule has 0 unspecified atom stereocenters. The molecule has 1 aliphatic heterocycles. The third-order valence-electron chi connectivity index (χ3n) is 6.36. The second-order valence-corrected chi connectivity index (χ2v) is 8.72. The van der Waals surface area contributed by atoms with Crippen LogP contribution in [0.15, 0.2) is 30.5 Å². The van der Waals surface area contributed by atoms with Crippen LogP contribution in [0.25, 0.3) is 0 Å². The lowest BCUT2D eigenvalue weighted by Gasteiger charge is -2.26. The third kappa shape index (κ3) is 4.72. The first-order valence-electron chi connectivity index (χ1n) is 10.7. The van der Waals surface area contributed by atoms with Crippen LogP contribution in [-0.2, 0) is 6.42 Å². The van der Waals surface area contributed by atoms with E-state index in [2.05, 4.69) is 22.0 Å². The molecule has 6 heteroatoms. The Balaban J connectivity index is 1.56. The molecule has 0 radical (unpaired) electrons. The van der Waals surface area contributed by atoms with E-state index in [1.54, 1.807) is 0 Å². The number of carboxylic acid groups (broad SMARTS) is 1. The number of halogens is 1. The van der Waals surface area contributed by atoms with E-state index in [1.807, 2.05) is 12.1 Å². The van der Waals surface area contributed by atoms with E-state index in [4.69, 9.17) is 16.6 Å². The number of aromatic nitrogens is 2. The van der Waals surface area contributed by atoms with Gasteiger partial charge >= 0.3 is 5.97 Å². The molecule has 1 aromatic heterocycles. The minimum Gasteiger partial charge on any atom is -0.478 e. The summed E-state index contributed by atoms with van der Waals surface area (Å²) in [7, 11) is 0. The van der Waals surface area contributed by atoms with Crippen molar-refractivity contribution in [3.63, 3.8) is 0 Å². The third-order valence-corrected chi connectivity index (χ3v) is 6.62. The van der Waals surface area contributed by atoms with Crippen molar-refractivity contribution in [3.05, 3.63) is 52.3 Å². The van der Waals surface area contributed by atoms with Crippen molar-refractivity contribution in [2.45, 2.75) is 63.8 Å². The van der Waals surface area contributed by atoms with Gasteiger partial charge in [-0.1, -0.05) is 55.8 Å². The van der Waals surface area contributed by atoms with Crippen LogP contribution in [0.1, 0.15) is 79.0 Å². The standard InChI is InChI=1S/C23H28ClN3O2/c24-18-11-9-17(10-12-18)21-7-4-14-27(21)23-25-15-19(22(28)29)20(26-23)13-8-16-5-2-1-3-6-16/h9-12,15-16,21H,1-8,13-14H2,(H,28,29)/t21-/m1/s1. The van der Waals surface area contributed by atoms with Crippen molar-refractivity contribution < 1.29 is 9.90 Å². The maximum atomic E-state index is 11.7. The van der Waals surface area contributed by atoms with Gasteiger partial charge in [-0.15, -0.1) is 0 Å². The number of hydrogen-bond acceptors (Lipinski definition) is 4. The zero-order chi connectivity index (χ0) is 20.2. The number of benzene rings is 1. The van der Waals surface area contributed by atoms with Gasteiger partial charge < -0.3 is 10.0 Å². The topological polar surface area (TPSA) is 66.3 Å². The Bertz CT molecular complexity index is 850. The van der Waals surface area contributed by atoms with Crippen molar-refractivity contribution in [1.29, 1.82) is 0 Å². The highest BCUT2D eigenvalue weighted by Crippen LogP contribution is 2.35. The molecular formula is C23H28ClN3O2. The average Bonchev–Trinajstić information content (AvgIpc) is 3.23. The summed E-state index contributed by atoms with van der Waals surface area (Å²) < 4.78 is 0. The van der Waals surface area contributed by atoms with Gasteiger partial charge in [0.15, 0.2) is 0 Å². The maximum Gasteiger partial charge on any atom is 0.339 e. The van der Waals surface area contributed by atoms with Crippen LogP contribution in [-0.4, -0.2) is 27.6 Å². The van der Waals surface area contributed by atoms with Crippen molar-refractivity contribution in [3.8, 4) is 0 Å². The minimum absolute atomic E-state index is 0.203. The number of rotatable bonds is 6. The number of aryl methyl sites for hydroxylation is 1. The lowest BCUT2D eigenvalue weighted by Crippen LogP contribution is -2.25. The molecule has 2 aromatic rings. The van der Waals surface area contributed by atoms with Crippen molar-refractivity contribution >= 4 is 23.5 Å². The van der Waals surface area contributed by atoms with Crippen LogP contribution >= 0.6 is 11.6 Å². The van der Waals surface area contributed by atoms with Crippen molar-refractivity contribution in [1.82, 2.24) is 9.97 Å². The first kappa shape index (κ1) is 20.1. The molecule has 0 bridgehead atoms. The molecule has 2 aliphatic rings. The summed E-state index contributed by atoms with van der Waals surface area (Å²) in [5, 5.41) is 10.3. The summed E-state index contributed by atoms with van der Waals surface area (Å²) in [5.74, 6) is 0.398. The van der Waals surface area contributed by atoms with Gasteiger partial charge in [0.05, 0.1) is 17.3 Å². The number of carboxylic acids is 1. The van der Waals surface area contributed by atoms with E-state index in [9.17, 15) is 9.90 Å². The molecule has 2 fully saturated rings. The zero-order valence-electron chi connectivity index (χ0n) is 16.7. The number of anilines is 1. The molecule has 1 aliphatic carbocycles. The molecule has 1 atom stereocenters. The average molecular weight is 414 g/mol. The molecule has 0 spiro atoms. The summed E-state index contributed by atoms with van der Waals surface area (Å²) in [4.78, 5) is 23.1. The molecule has 154 valence electrons. The van der Waals surface area contributed by atoms with Crippen molar-refractivity contribution in [2.24, 2.45) is 5.92 Å². The number of aromatic carboxylic acids is 1. The largest absolute Gasteiger partial charge is 0.478 e. The van der Waals surface area contributed by atoms with E-state index >= 15 is 0 Å². The summed E-state index contributed by atoms with van der Waals surface area (Å²) in [6.45, 7) is 0.877. The number of carbonyl (C=O) groups is 1.